The monoisotopic (exact) mass is 952 g/mol. The fourth-order valence-corrected chi connectivity index (χ4v) is 9.40. The Balaban J connectivity index is 0.976. The van der Waals surface area contributed by atoms with Gasteiger partial charge in [0.25, 0.3) is 11.8 Å². The van der Waals surface area contributed by atoms with Gasteiger partial charge < -0.3 is 30.0 Å². The third kappa shape index (κ3) is 9.58. The summed E-state index contributed by atoms with van der Waals surface area (Å²) in [7, 11) is 1.90. The molecule has 0 fully saturated rings. The molecule has 4 aliphatic heterocycles. The van der Waals surface area contributed by atoms with Crippen LogP contribution >= 0.6 is 0 Å². The highest BCUT2D eigenvalue weighted by molar-refractivity contribution is 6.08. The van der Waals surface area contributed by atoms with Crippen molar-refractivity contribution in [3.05, 3.63) is 153 Å². The maximum atomic E-state index is 14.3. The van der Waals surface area contributed by atoms with Crippen molar-refractivity contribution in [1.29, 1.82) is 10.5 Å². The number of urea groups is 2. The summed E-state index contributed by atoms with van der Waals surface area (Å²) < 4.78 is 83.2. The number of hydrogen-bond acceptors (Lipinski definition) is 7. The van der Waals surface area contributed by atoms with Gasteiger partial charge in [-0.3, -0.25) is 19.4 Å². The average molecular weight is 953 g/mol. The number of aliphatic hydroxyl groups is 1. The molecular formula is C49H44F6N9O5+. The van der Waals surface area contributed by atoms with E-state index in [9.17, 15) is 61.2 Å². The van der Waals surface area contributed by atoms with Crippen molar-refractivity contribution < 1.29 is 55.1 Å². The van der Waals surface area contributed by atoms with E-state index in [0.29, 0.717) is 48.2 Å². The molecule has 69 heavy (non-hydrogen) atoms. The van der Waals surface area contributed by atoms with Crippen molar-refractivity contribution in [2.24, 2.45) is 0 Å². The molecule has 0 saturated heterocycles. The number of alkyl halides is 6. The second kappa shape index (κ2) is 18.8. The molecule has 4 aliphatic rings. The van der Waals surface area contributed by atoms with Crippen molar-refractivity contribution in [3.8, 4) is 12.1 Å². The van der Waals surface area contributed by atoms with Crippen LogP contribution in [0.3, 0.4) is 0 Å². The lowest BCUT2D eigenvalue weighted by atomic mass is 9.94. The largest absolute Gasteiger partial charge is 0.416 e. The Kier molecular flexibility index (Phi) is 13.0. The Hall–Kier alpha value is -7.68. The molecule has 4 aromatic carbocycles. The van der Waals surface area contributed by atoms with Crippen LogP contribution in [0.15, 0.2) is 120 Å². The number of nitrogens with one attached hydrogen (secondary N) is 2. The Bertz CT molecular complexity index is 2660. The predicted molar refractivity (Wildman–Crippen MR) is 237 cm³/mol. The van der Waals surface area contributed by atoms with E-state index in [1.54, 1.807) is 24.3 Å². The third-order valence-corrected chi connectivity index (χ3v) is 12.9. The van der Waals surface area contributed by atoms with E-state index < -0.39 is 59.4 Å². The summed E-state index contributed by atoms with van der Waals surface area (Å²) in [5.41, 5.74) is 0.292. The molecule has 8 rings (SSSR count). The molecule has 0 aliphatic carbocycles. The van der Waals surface area contributed by atoms with Crippen molar-refractivity contribution in [1.82, 2.24) is 20.4 Å². The molecule has 6 amide bonds. The predicted octanol–water partition coefficient (Wildman–Crippen LogP) is 7.12. The standard InChI is InChI=1S/C49H43F6N9O5/c1-64(22-23-65,20-4-18-60-28-38-40(44(60)66)42(32-14-10-30(26-56)11-15-32)58-46(68)62(38)36-8-2-6-34(24-36)48(50,51)52)21-5-19-61-29-39-41(45(61)67)43(33-16-12-31(27-57)13-17-33)59-47(69)63(39)37-9-3-7-35(25-37)49(53,54)55/h2-3,6-17,24-25,42-43,65H,4-5,18-23,28-29H2,1H3,(H-,58,59,68,69)/p+1/t42-,43-/m1/s1. The van der Waals surface area contributed by atoms with E-state index >= 15 is 0 Å². The molecule has 4 heterocycles. The number of anilines is 2. The maximum absolute atomic E-state index is 14.3. The zero-order valence-electron chi connectivity index (χ0n) is 36.9. The van der Waals surface area contributed by atoms with E-state index in [1.807, 2.05) is 19.2 Å². The molecule has 0 aromatic heterocycles. The summed E-state index contributed by atoms with van der Waals surface area (Å²) in [4.78, 5) is 61.3. The van der Waals surface area contributed by atoms with Crippen LogP contribution in [-0.4, -0.2) is 103 Å². The number of rotatable bonds is 14. The number of carbonyl (C=O) groups is 4. The van der Waals surface area contributed by atoms with Crippen molar-refractivity contribution in [3.63, 3.8) is 0 Å². The van der Waals surface area contributed by atoms with Crippen LogP contribution in [0.5, 0.6) is 0 Å². The van der Waals surface area contributed by atoms with Gasteiger partial charge in [0.15, 0.2) is 0 Å². The van der Waals surface area contributed by atoms with Gasteiger partial charge in [-0.05, 0) is 71.8 Å². The highest BCUT2D eigenvalue weighted by atomic mass is 19.4. The van der Waals surface area contributed by atoms with Crippen LogP contribution in [0.1, 0.15) is 58.3 Å². The van der Waals surface area contributed by atoms with Gasteiger partial charge in [0.2, 0.25) is 0 Å². The minimum atomic E-state index is -4.70. The van der Waals surface area contributed by atoms with Gasteiger partial charge in [-0.15, -0.1) is 0 Å². The Morgan fingerprint density at radius 1 is 0.623 bits per heavy atom. The quantitative estimate of drug-likeness (QED) is 0.0892. The lowest BCUT2D eigenvalue weighted by molar-refractivity contribution is -0.910. The topological polar surface area (TPSA) is 173 Å². The SMILES string of the molecule is C[N+](CCO)(CCCN1CC2=C(C1=O)[C@@H](c1ccc(C#N)cc1)NC(=O)N2c1cccc(C(F)(F)F)c1)CCCN1CC2=C(C1=O)[C@@H](c1ccc(C#N)cc1)NC(=O)N2c1cccc(C(F)(F)F)c1. The number of carbonyl (C=O) groups excluding carboxylic acids is 4. The molecule has 20 heteroatoms. The average Bonchev–Trinajstić information content (AvgIpc) is 3.82. The third-order valence-electron chi connectivity index (χ3n) is 12.9. The Morgan fingerprint density at radius 3 is 1.36 bits per heavy atom. The van der Waals surface area contributed by atoms with Crippen LogP contribution in [0.2, 0.25) is 0 Å². The lowest BCUT2D eigenvalue weighted by Gasteiger charge is -2.35. The molecule has 0 radical (unpaired) electrons. The van der Waals surface area contributed by atoms with Gasteiger partial charge in [0, 0.05) is 25.9 Å². The normalized spacial score (nSPS) is 18.6. The Morgan fingerprint density at radius 2 is 1.01 bits per heavy atom. The smallest absolute Gasteiger partial charge is 0.391 e. The maximum Gasteiger partial charge on any atom is 0.416 e. The Labute approximate surface area is 392 Å². The first-order valence-corrected chi connectivity index (χ1v) is 21.9. The zero-order valence-corrected chi connectivity index (χ0v) is 36.9. The van der Waals surface area contributed by atoms with Gasteiger partial charge >= 0.3 is 24.4 Å². The number of likely N-dealkylation sites (N-methyl/N-ethyl adjacent to an activating group) is 1. The van der Waals surface area contributed by atoms with Crippen LogP contribution in [-0.2, 0) is 21.9 Å². The van der Waals surface area contributed by atoms with E-state index in [0.717, 1.165) is 34.1 Å². The summed E-state index contributed by atoms with van der Waals surface area (Å²) in [6.45, 7) is 1.08. The summed E-state index contributed by atoms with van der Waals surface area (Å²) >= 11 is 0. The van der Waals surface area contributed by atoms with Gasteiger partial charge in [0.1, 0.15) is 6.54 Å². The molecule has 0 saturated carbocycles. The van der Waals surface area contributed by atoms with E-state index in [4.69, 9.17) is 0 Å². The molecule has 0 spiro atoms. The second-order valence-corrected chi connectivity index (χ2v) is 17.4. The molecule has 0 bridgehead atoms. The summed E-state index contributed by atoms with van der Waals surface area (Å²) in [5, 5.41) is 34.4. The highest BCUT2D eigenvalue weighted by Crippen LogP contribution is 2.42. The number of quaternary nitrogens is 1. The summed E-state index contributed by atoms with van der Waals surface area (Å²) in [5.74, 6) is -0.883. The molecule has 356 valence electrons. The first-order valence-electron chi connectivity index (χ1n) is 21.9. The van der Waals surface area contributed by atoms with Gasteiger partial charge in [-0.1, -0.05) is 36.4 Å². The lowest BCUT2D eigenvalue weighted by Crippen LogP contribution is -2.49. The van der Waals surface area contributed by atoms with Gasteiger partial charge in [-0.25, -0.2) is 9.59 Å². The van der Waals surface area contributed by atoms with Crippen molar-refractivity contribution in [2.75, 3.05) is 69.3 Å². The minimum absolute atomic E-state index is 0.0847. The summed E-state index contributed by atoms with van der Waals surface area (Å²) in [6.07, 6.45) is -8.63. The summed E-state index contributed by atoms with van der Waals surface area (Å²) in [6, 6.07) is 21.6. The molecule has 14 nitrogen and oxygen atoms in total. The van der Waals surface area contributed by atoms with E-state index in [-0.39, 0.29) is 77.7 Å². The number of benzene rings is 4. The second-order valence-electron chi connectivity index (χ2n) is 17.4. The van der Waals surface area contributed by atoms with Gasteiger partial charge in [0.05, 0.1) is 120 Å². The van der Waals surface area contributed by atoms with Crippen molar-refractivity contribution >= 4 is 35.3 Å². The van der Waals surface area contributed by atoms with Crippen LogP contribution in [0.4, 0.5) is 47.3 Å². The number of hydrogen-bond donors (Lipinski definition) is 3. The number of nitrogens with zero attached hydrogens (tertiary/aromatic N) is 7. The number of halogens is 6. The molecule has 3 N–H and O–H groups in total. The minimum Gasteiger partial charge on any atom is -0.391 e. The van der Waals surface area contributed by atoms with Gasteiger partial charge in [-0.2, -0.15) is 36.9 Å². The highest BCUT2D eigenvalue weighted by Gasteiger charge is 2.47. The number of aliphatic hydroxyl groups excluding tert-OH is 1. The van der Waals surface area contributed by atoms with Crippen molar-refractivity contribution in [2.45, 2.75) is 37.3 Å². The first kappa shape index (κ1) is 47.8. The van der Waals surface area contributed by atoms with E-state index in [1.165, 1.54) is 58.3 Å². The first-order chi connectivity index (χ1) is 32.8. The van der Waals surface area contributed by atoms with E-state index in [2.05, 4.69) is 10.6 Å². The fraction of sp³-hybridized carbons (Fsp3) is 0.306. The zero-order chi connectivity index (χ0) is 49.4. The fourth-order valence-electron chi connectivity index (χ4n) is 9.40. The molecule has 4 aromatic rings. The molecule has 2 atom stereocenters. The number of amides is 6. The van der Waals surface area contributed by atoms with Crippen LogP contribution in [0, 0.1) is 22.7 Å². The molecule has 0 unspecified atom stereocenters. The number of nitriles is 2. The van der Waals surface area contributed by atoms with Crippen LogP contribution in [0.25, 0.3) is 0 Å². The molecular weight excluding hydrogens is 909 g/mol. The van der Waals surface area contributed by atoms with Crippen LogP contribution < -0.4 is 20.4 Å².